The zero-order chi connectivity index (χ0) is 11.5. The van der Waals surface area contributed by atoms with E-state index in [-0.39, 0.29) is 0 Å². The average Bonchev–Trinajstić information content (AvgIpc) is 2.79. The Morgan fingerprint density at radius 3 is 3.00 bits per heavy atom. The third kappa shape index (κ3) is 2.92. The van der Waals surface area contributed by atoms with Crippen LogP contribution < -0.4 is 5.32 Å². The number of carbonyl (C=O) groups excluding carboxylic acids is 1. The van der Waals surface area contributed by atoms with E-state index in [1.807, 2.05) is 16.7 Å². The summed E-state index contributed by atoms with van der Waals surface area (Å²) in [7, 11) is 0. The van der Waals surface area contributed by atoms with Gasteiger partial charge in [-0.1, -0.05) is 6.92 Å². The van der Waals surface area contributed by atoms with E-state index < -0.39 is 0 Å². The highest BCUT2D eigenvalue weighted by Crippen LogP contribution is 2.26. The Balaban J connectivity index is 1.75. The fraction of sp³-hybridized carbons (Fsp3) is 0.917. The Morgan fingerprint density at radius 1 is 1.62 bits per heavy atom. The van der Waals surface area contributed by atoms with Gasteiger partial charge in [0, 0.05) is 36.8 Å². The standard InChI is InChI=1S/C12H22N2OS/c1-9(8-14-6-3-4-12(14)15)13-11-5-7-16-10(11)2/h9-11,13H,3-8H2,1-2H3. The van der Waals surface area contributed by atoms with Gasteiger partial charge >= 0.3 is 0 Å². The van der Waals surface area contributed by atoms with Gasteiger partial charge in [0.1, 0.15) is 0 Å². The first-order valence-electron chi connectivity index (χ1n) is 6.32. The van der Waals surface area contributed by atoms with Gasteiger partial charge in [0.05, 0.1) is 0 Å². The smallest absolute Gasteiger partial charge is 0.222 e. The van der Waals surface area contributed by atoms with Crippen LogP contribution in [0.4, 0.5) is 0 Å². The van der Waals surface area contributed by atoms with Crippen molar-refractivity contribution < 1.29 is 4.79 Å². The molecule has 16 heavy (non-hydrogen) atoms. The van der Waals surface area contributed by atoms with Crippen molar-refractivity contribution in [3.8, 4) is 0 Å². The molecule has 3 nitrogen and oxygen atoms in total. The van der Waals surface area contributed by atoms with Crippen LogP contribution in [-0.4, -0.2) is 47.0 Å². The van der Waals surface area contributed by atoms with Crippen molar-refractivity contribution in [2.75, 3.05) is 18.8 Å². The van der Waals surface area contributed by atoms with Gasteiger partial charge in [-0.2, -0.15) is 11.8 Å². The molecule has 0 bridgehead atoms. The van der Waals surface area contributed by atoms with Gasteiger partial charge in [-0.15, -0.1) is 0 Å². The second kappa shape index (κ2) is 5.41. The van der Waals surface area contributed by atoms with Crippen molar-refractivity contribution in [1.29, 1.82) is 0 Å². The summed E-state index contributed by atoms with van der Waals surface area (Å²) in [5, 5.41) is 4.38. The Kier molecular flexibility index (Phi) is 4.14. The van der Waals surface area contributed by atoms with Crippen LogP contribution in [-0.2, 0) is 4.79 Å². The summed E-state index contributed by atoms with van der Waals surface area (Å²) >= 11 is 2.05. The van der Waals surface area contributed by atoms with Crippen LogP contribution in [0.1, 0.15) is 33.1 Å². The molecule has 1 N–H and O–H groups in total. The van der Waals surface area contributed by atoms with Crippen LogP contribution in [0.5, 0.6) is 0 Å². The highest BCUT2D eigenvalue weighted by Gasteiger charge is 2.27. The highest BCUT2D eigenvalue weighted by molar-refractivity contribution is 8.00. The van der Waals surface area contributed by atoms with Crippen LogP contribution in [0.25, 0.3) is 0 Å². The number of nitrogens with one attached hydrogen (secondary N) is 1. The Morgan fingerprint density at radius 2 is 2.44 bits per heavy atom. The summed E-state index contributed by atoms with van der Waals surface area (Å²) in [5.74, 6) is 1.61. The Hall–Kier alpha value is -0.220. The lowest BCUT2D eigenvalue weighted by Gasteiger charge is -2.26. The predicted molar refractivity (Wildman–Crippen MR) is 68.7 cm³/mol. The molecule has 92 valence electrons. The number of hydrogen-bond donors (Lipinski definition) is 1. The minimum absolute atomic E-state index is 0.336. The number of amides is 1. The maximum Gasteiger partial charge on any atom is 0.222 e. The fourth-order valence-corrected chi connectivity index (χ4v) is 3.81. The molecule has 3 atom stereocenters. The van der Waals surface area contributed by atoms with Gasteiger partial charge in [-0.3, -0.25) is 4.79 Å². The van der Waals surface area contributed by atoms with Crippen LogP contribution >= 0.6 is 11.8 Å². The minimum Gasteiger partial charge on any atom is -0.341 e. The molecule has 0 spiro atoms. The van der Waals surface area contributed by atoms with Crippen molar-refractivity contribution >= 4 is 17.7 Å². The number of hydrogen-bond acceptors (Lipinski definition) is 3. The number of nitrogens with zero attached hydrogens (tertiary/aromatic N) is 1. The van der Waals surface area contributed by atoms with E-state index in [1.165, 1.54) is 12.2 Å². The Labute approximate surface area is 102 Å². The van der Waals surface area contributed by atoms with Gasteiger partial charge in [-0.05, 0) is 25.5 Å². The number of rotatable bonds is 4. The second-order valence-corrected chi connectivity index (χ2v) is 6.47. The van der Waals surface area contributed by atoms with Crippen LogP contribution in [0.15, 0.2) is 0 Å². The highest BCUT2D eigenvalue weighted by atomic mass is 32.2. The molecule has 0 aromatic rings. The first-order chi connectivity index (χ1) is 7.66. The van der Waals surface area contributed by atoms with Gasteiger partial charge in [-0.25, -0.2) is 0 Å². The van der Waals surface area contributed by atoms with Crippen LogP contribution in [0.3, 0.4) is 0 Å². The normalized spacial score (nSPS) is 32.4. The van der Waals surface area contributed by atoms with Gasteiger partial charge in [0.2, 0.25) is 5.91 Å². The van der Waals surface area contributed by atoms with Gasteiger partial charge in [0.25, 0.3) is 0 Å². The number of carbonyl (C=O) groups is 1. The summed E-state index contributed by atoms with van der Waals surface area (Å²) in [6.45, 7) is 6.33. The first kappa shape index (κ1) is 12.2. The molecule has 0 radical (unpaired) electrons. The molecule has 2 rings (SSSR count). The van der Waals surface area contributed by atoms with E-state index in [4.69, 9.17) is 0 Å². The van der Waals surface area contributed by atoms with E-state index in [0.717, 1.165) is 31.2 Å². The molecule has 0 aliphatic carbocycles. The summed E-state index contributed by atoms with van der Waals surface area (Å²) < 4.78 is 0. The van der Waals surface area contributed by atoms with Crippen molar-refractivity contribution in [3.05, 3.63) is 0 Å². The fourth-order valence-electron chi connectivity index (χ4n) is 2.60. The molecular weight excluding hydrogens is 220 g/mol. The number of likely N-dealkylation sites (tertiary alicyclic amines) is 1. The zero-order valence-corrected chi connectivity index (χ0v) is 11.1. The molecule has 0 aromatic carbocycles. The van der Waals surface area contributed by atoms with Crippen molar-refractivity contribution in [1.82, 2.24) is 10.2 Å². The lowest BCUT2D eigenvalue weighted by molar-refractivity contribution is -0.127. The third-order valence-electron chi connectivity index (χ3n) is 3.54. The first-order valence-corrected chi connectivity index (χ1v) is 7.37. The van der Waals surface area contributed by atoms with E-state index in [1.54, 1.807) is 0 Å². The topological polar surface area (TPSA) is 32.3 Å². The summed E-state index contributed by atoms with van der Waals surface area (Å²) in [5.41, 5.74) is 0. The van der Waals surface area contributed by atoms with Crippen molar-refractivity contribution in [2.24, 2.45) is 0 Å². The van der Waals surface area contributed by atoms with E-state index in [2.05, 4.69) is 19.2 Å². The molecular formula is C12H22N2OS. The molecule has 2 saturated heterocycles. The van der Waals surface area contributed by atoms with Crippen molar-refractivity contribution in [3.63, 3.8) is 0 Å². The molecule has 3 unspecified atom stereocenters. The van der Waals surface area contributed by atoms with E-state index in [9.17, 15) is 4.79 Å². The summed E-state index contributed by atoms with van der Waals surface area (Å²) in [4.78, 5) is 13.5. The summed E-state index contributed by atoms with van der Waals surface area (Å²) in [6.07, 6.45) is 3.06. The third-order valence-corrected chi connectivity index (χ3v) is 4.87. The maximum atomic E-state index is 11.5. The SMILES string of the molecule is CC(CN1CCCC1=O)NC1CCSC1C. The zero-order valence-electron chi connectivity index (χ0n) is 10.2. The van der Waals surface area contributed by atoms with Crippen LogP contribution in [0.2, 0.25) is 0 Å². The van der Waals surface area contributed by atoms with E-state index >= 15 is 0 Å². The minimum atomic E-state index is 0.336. The molecule has 0 saturated carbocycles. The summed E-state index contributed by atoms with van der Waals surface area (Å²) in [6, 6.07) is 1.06. The molecule has 4 heteroatoms. The van der Waals surface area contributed by atoms with Gasteiger partial charge < -0.3 is 10.2 Å². The van der Waals surface area contributed by atoms with Crippen molar-refractivity contribution in [2.45, 2.75) is 50.4 Å². The quantitative estimate of drug-likeness (QED) is 0.810. The molecule has 1 amide bonds. The molecule has 2 heterocycles. The largest absolute Gasteiger partial charge is 0.341 e. The van der Waals surface area contributed by atoms with E-state index in [0.29, 0.717) is 18.0 Å². The predicted octanol–water partition coefficient (Wildman–Crippen LogP) is 1.48. The lowest BCUT2D eigenvalue weighted by Crippen LogP contribution is -2.46. The lowest BCUT2D eigenvalue weighted by atomic mass is 10.1. The molecule has 0 aromatic heterocycles. The monoisotopic (exact) mass is 242 g/mol. The molecule has 2 fully saturated rings. The average molecular weight is 242 g/mol. The van der Waals surface area contributed by atoms with Gasteiger partial charge in [0.15, 0.2) is 0 Å². The molecule has 2 aliphatic rings. The van der Waals surface area contributed by atoms with Crippen LogP contribution in [0, 0.1) is 0 Å². The second-order valence-electron chi connectivity index (χ2n) is 4.98. The Bertz CT molecular complexity index is 259. The number of thioether (sulfide) groups is 1. The molecule has 2 aliphatic heterocycles. The maximum absolute atomic E-state index is 11.5.